The van der Waals surface area contributed by atoms with E-state index in [2.05, 4.69) is 20.9 Å². The fourth-order valence-electron chi connectivity index (χ4n) is 1.47. The third-order valence-electron chi connectivity index (χ3n) is 2.08. The van der Waals surface area contributed by atoms with Crippen molar-refractivity contribution >= 4 is 5.96 Å². The van der Waals surface area contributed by atoms with E-state index in [1.54, 1.807) is 0 Å². The van der Waals surface area contributed by atoms with Crippen LogP contribution in [0.15, 0.2) is 4.99 Å². The smallest absolute Gasteiger partial charge is 0.191 e. The average Bonchev–Trinajstić information content (AvgIpc) is 2.60. The number of hydrogen-bond donors (Lipinski definition) is 3. The van der Waals surface area contributed by atoms with Gasteiger partial charge >= 0.3 is 0 Å². The van der Waals surface area contributed by atoms with Crippen molar-refractivity contribution in [3.8, 4) is 0 Å². The summed E-state index contributed by atoms with van der Waals surface area (Å²) < 4.78 is 0. The van der Waals surface area contributed by atoms with Gasteiger partial charge in [-0.1, -0.05) is 0 Å². The second kappa shape index (κ2) is 3.09. The van der Waals surface area contributed by atoms with Gasteiger partial charge in [-0.3, -0.25) is 4.99 Å². The number of nitrogens with one attached hydrogen (secondary N) is 3. The second-order valence-electron chi connectivity index (χ2n) is 2.99. The van der Waals surface area contributed by atoms with E-state index in [0.717, 1.165) is 32.1 Å². The maximum atomic E-state index is 4.27. The average molecular weight is 154 g/mol. The molecule has 2 aliphatic heterocycles. The van der Waals surface area contributed by atoms with Gasteiger partial charge in [0.2, 0.25) is 0 Å². The minimum absolute atomic E-state index is 0.583. The summed E-state index contributed by atoms with van der Waals surface area (Å²) in [7, 11) is 0. The van der Waals surface area contributed by atoms with Gasteiger partial charge in [0.15, 0.2) is 5.96 Å². The van der Waals surface area contributed by atoms with Crippen molar-refractivity contribution in [1.29, 1.82) is 0 Å². The lowest BCUT2D eigenvalue weighted by atomic mass is 10.3. The SMILES string of the molecule is C1CNC(NC2CCNC2)=N1. The van der Waals surface area contributed by atoms with Crippen molar-refractivity contribution in [1.82, 2.24) is 16.0 Å². The molecule has 0 radical (unpaired) electrons. The Kier molecular flexibility index (Phi) is 1.94. The van der Waals surface area contributed by atoms with Crippen LogP contribution in [0.1, 0.15) is 6.42 Å². The highest BCUT2D eigenvalue weighted by Crippen LogP contribution is 1.97. The van der Waals surface area contributed by atoms with Crippen LogP contribution in [0.2, 0.25) is 0 Å². The van der Waals surface area contributed by atoms with Crippen LogP contribution in [0, 0.1) is 0 Å². The van der Waals surface area contributed by atoms with E-state index < -0.39 is 0 Å². The van der Waals surface area contributed by atoms with E-state index in [1.807, 2.05) is 0 Å². The van der Waals surface area contributed by atoms with Crippen LogP contribution in [-0.4, -0.2) is 38.2 Å². The minimum atomic E-state index is 0.583. The van der Waals surface area contributed by atoms with Gasteiger partial charge in [-0.25, -0.2) is 0 Å². The van der Waals surface area contributed by atoms with E-state index in [1.165, 1.54) is 6.42 Å². The van der Waals surface area contributed by atoms with Crippen LogP contribution in [0.5, 0.6) is 0 Å². The molecule has 1 atom stereocenters. The normalized spacial score (nSPS) is 29.8. The standard InChI is InChI=1S/C7H14N4/c1-2-8-5-6(1)11-7-9-3-4-10-7/h6,8H,1-5H2,(H2,9,10,11). The zero-order chi connectivity index (χ0) is 7.52. The van der Waals surface area contributed by atoms with Crippen molar-refractivity contribution in [2.24, 2.45) is 4.99 Å². The van der Waals surface area contributed by atoms with Gasteiger partial charge in [0.25, 0.3) is 0 Å². The van der Waals surface area contributed by atoms with Gasteiger partial charge in [0.1, 0.15) is 0 Å². The molecule has 11 heavy (non-hydrogen) atoms. The van der Waals surface area contributed by atoms with Gasteiger partial charge in [-0.05, 0) is 13.0 Å². The van der Waals surface area contributed by atoms with E-state index in [0.29, 0.717) is 6.04 Å². The van der Waals surface area contributed by atoms with Crippen LogP contribution in [0.4, 0.5) is 0 Å². The lowest BCUT2D eigenvalue weighted by Crippen LogP contribution is -2.41. The third-order valence-corrected chi connectivity index (χ3v) is 2.08. The second-order valence-corrected chi connectivity index (χ2v) is 2.99. The molecule has 2 rings (SSSR count). The highest BCUT2D eigenvalue weighted by molar-refractivity contribution is 5.81. The van der Waals surface area contributed by atoms with E-state index >= 15 is 0 Å². The first-order chi connectivity index (χ1) is 5.45. The van der Waals surface area contributed by atoms with Crippen molar-refractivity contribution in [3.63, 3.8) is 0 Å². The van der Waals surface area contributed by atoms with Crippen molar-refractivity contribution < 1.29 is 0 Å². The molecule has 4 heteroatoms. The first kappa shape index (κ1) is 6.91. The number of guanidine groups is 1. The Morgan fingerprint density at radius 1 is 1.45 bits per heavy atom. The van der Waals surface area contributed by atoms with Crippen molar-refractivity contribution in [3.05, 3.63) is 0 Å². The van der Waals surface area contributed by atoms with E-state index in [9.17, 15) is 0 Å². The third kappa shape index (κ3) is 1.63. The number of nitrogens with zero attached hydrogens (tertiary/aromatic N) is 1. The first-order valence-electron chi connectivity index (χ1n) is 4.21. The van der Waals surface area contributed by atoms with Crippen LogP contribution in [-0.2, 0) is 0 Å². The minimum Gasteiger partial charge on any atom is -0.355 e. The predicted octanol–water partition coefficient (Wildman–Crippen LogP) is -1.10. The lowest BCUT2D eigenvalue weighted by Gasteiger charge is -2.11. The van der Waals surface area contributed by atoms with E-state index in [4.69, 9.17) is 0 Å². The highest BCUT2D eigenvalue weighted by atomic mass is 15.2. The fraction of sp³-hybridized carbons (Fsp3) is 0.857. The monoisotopic (exact) mass is 154 g/mol. The van der Waals surface area contributed by atoms with Crippen LogP contribution in [0.3, 0.4) is 0 Å². The Labute approximate surface area is 66.5 Å². The molecule has 0 aromatic rings. The molecular weight excluding hydrogens is 140 g/mol. The van der Waals surface area contributed by atoms with Gasteiger partial charge in [0, 0.05) is 19.1 Å². The Bertz CT molecular complexity index is 160. The quantitative estimate of drug-likeness (QED) is 0.449. The molecule has 0 spiro atoms. The van der Waals surface area contributed by atoms with Crippen molar-refractivity contribution in [2.75, 3.05) is 26.2 Å². The maximum Gasteiger partial charge on any atom is 0.191 e. The van der Waals surface area contributed by atoms with Gasteiger partial charge in [0.05, 0.1) is 6.54 Å². The first-order valence-corrected chi connectivity index (χ1v) is 4.21. The molecule has 1 fully saturated rings. The van der Waals surface area contributed by atoms with E-state index in [-0.39, 0.29) is 0 Å². The Hall–Kier alpha value is -0.770. The Morgan fingerprint density at radius 2 is 2.45 bits per heavy atom. The topological polar surface area (TPSA) is 48.4 Å². The number of rotatable bonds is 1. The van der Waals surface area contributed by atoms with Crippen LogP contribution < -0.4 is 16.0 Å². The van der Waals surface area contributed by atoms with Gasteiger partial charge in [-0.2, -0.15) is 0 Å². The fourth-order valence-corrected chi connectivity index (χ4v) is 1.47. The molecule has 4 nitrogen and oxygen atoms in total. The summed E-state index contributed by atoms with van der Waals surface area (Å²) >= 11 is 0. The summed E-state index contributed by atoms with van der Waals surface area (Å²) in [6, 6.07) is 0.583. The molecule has 62 valence electrons. The molecular formula is C7H14N4. The highest BCUT2D eigenvalue weighted by Gasteiger charge is 2.16. The summed E-state index contributed by atoms with van der Waals surface area (Å²) in [6.45, 7) is 4.11. The summed E-state index contributed by atoms with van der Waals surface area (Å²) in [5.74, 6) is 0.985. The van der Waals surface area contributed by atoms with Gasteiger partial charge < -0.3 is 16.0 Å². The molecule has 1 unspecified atom stereocenters. The Morgan fingerprint density at radius 3 is 3.09 bits per heavy atom. The largest absolute Gasteiger partial charge is 0.355 e. The molecule has 0 aliphatic carbocycles. The van der Waals surface area contributed by atoms with Gasteiger partial charge in [-0.15, -0.1) is 0 Å². The van der Waals surface area contributed by atoms with Crippen LogP contribution in [0.25, 0.3) is 0 Å². The summed E-state index contributed by atoms with van der Waals surface area (Å²) in [5, 5.41) is 9.85. The molecule has 0 aromatic carbocycles. The molecule has 3 N–H and O–H groups in total. The number of hydrogen-bond acceptors (Lipinski definition) is 4. The molecule has 0 amide bonds. The zero-order valence-electron chi connectivity index (χ0n) is 6.56. The summed E-state index contributed by atoms with van der Waals surface area (Å²) in [6.07, 6.45) is 1.21. The maximum absolute atomic E-state index is 4.27. The predicted molar refractivity (Wildman–Crippen MR) is 44.7 cm³/mol. The van der Waals surface area contributed by atoms with Crippen molar-refractivity contribution in [2.45, 2.75) is 12.5 Å². The van der Waals surface area contributed by atoms with Crippen LogP contribution >= 0.6 is 0 Å². The molecule has 2 heterocycles. The molecule has 1 saturated heterocycles. The summed E-state index contributed by atoms with van der Waals surface area (Å²) in [5.41, 5.74) is 0. The summed E-state index contributed by atoms with van der Waals surface area (Å²) in [4.78, 5) is 4.27. The lowest BCUT2D eigenvalue weighted by molar-refractivity contribution is 0.653. The number of aliphatic imine (C=N–C) groups is 1. The molecule has 0 aromatic heterocycles. The molecule has 0 bridgehead atoms. The molecule has 2 aliphatic rings. The Balaban J connectivity index is 1.79. The zero-order valence-corrected chi connectivity index (χ0v) is 6.56. The molecule has 0 saturated carbocycles.